The summed E-state index contributed by atoms with van der Waals surface area (Å²) in [5.41, 5.74) is 5.81. The van der Waals surface area contributed by atoms with Crippen LogP contribution in [0.2, 0.25) is 0 Å². The first-order valence-corrected chi connectivity index (χ1v) is 6.76. The standard InChI is InChI=1S/C14H29NO3/c1-14(2,3)12(8-9-15)6-7-13(16)18-11-5-10-17-4/h12H,5-11,15H2,1-4H3. The maximum Gasteiger partial charge on any atom is 0.305 e. The number of carbonyl (C=O) groups excluding carboxylic acids is 1. The summed E-state index contributed by atoms with van der Waals surface area (Å²) in [6, 6.07) is 0. The zero-order chi connectivity index (χ0) is 14.0. The van der Waals surface area contributed by atoms with E-state index in [1.54, 1.807) is 7.11 Å². The van der Waals surface area contributed by atoms with E-state index in [2.05, 4.69) is 20.8 Å². The van der Waals surface area contributed by atoms with Gasteiger partial charge < -0.3 is 15.2 Å². The number of hydrogen-bond acceptors (Lipinski definition) is 4. The molecule has 18 heavy (non-hydrogen) atoms. The molecule has 0 fully saturated rings. The van der Waals surface area contributed by atoms with Crippen LogP contribution in [0.1, 0.15) is 46.5 Å². The largest absolute Gasteiger partial charge is 0.466 e. The fourth-order valence-corrected chi connectivity index (χ4v) is 1.97. The van der Waals surface area contributed by atoms with Crippen LogP contribution < -0.4 is 5.73 Å². The van der Waals surface area contributed by atoms with E-state index in [4.69, 9.17) is 15.2 Å². The van der Waals surface area contributed by atoms with Crippen LogP contribution in [-0.2, 0) is 14.3 Å². The first-order valence-electron chi connectivity index (χ1n) is 6.76. The van der Waals surface area contributed by atoms with Gasteiger partial charge in [0.2, 0.25) is 0 Å². The van der Waals surface area contributed by atoms with Crippen molar-refractivity contribution in [3.05, 3.63) is 0 Å². The van der Waals surface area contributed by atoms with E-state index in [0.29, 0.717) is 32.1 Å². The molecule has 4 heteroatoms. The van der Waals surface area contributed by atoms with Gasteiger partial charge in [0.05, 0.1) is 6.61 Å². The maximum absolute atomic E-state index is 11.5. The highest BCUT2D eigenvalue weighted by atomic mass is 16.5. The fraction of sp³-hybridized carbons (Fsp3) is 0.929. The van der Waals surface area contributed by atoms with Crippen molar-refractivity contribution in [2.45, 2.75) is 46.5 Å². The van der Waals surface area contributed by atoms with Gasteiger partial charge in [-0.3, -0.25) is 4.79 Å². The highest BCUT2D eigenvalue weighted by Gasteiger charge is 2.24. The van der Waals surface area contributed by atoms with Crippen molar-refractivity contribution < 1.29 is 14.3 Å². The molecule has 2 N–H and O–H groups in total. The second kappa shape index (κ2) is 9.34. The minimum atomic E-state index is -0.114. The second-order valence-corrected chi connectivity index (χ2v) is 5.75. The summed E-state index contributed by atoms with van der Waals surface area (Å²) < 4.78 is 10.0. The lowest BCUT2D eigenvalue weighted by atomic mass is 9.76. The van der Waals surface area contributed by atoms with Crippen LogP contribution in [0.15, 0.2) is 0 Å². The summed E-state index contributed by atoms with van der Waals surface area (Å²) in [5, 5.41) is 0. The Morgan fingerprint density at radius 3 is 2.39 bits per heavy atom. The average molecular weight is 259 g/mol. The summed E-state index contributed by atoms with van der Waals surface area (Å²) >= 11 is 0. The maximum atomic E-state index is 11.5. The molecule has 0 radical (unpaired) electrons. The van der Waals surface area contributed by atoms with E-state index in [-0.39, 0.29) is 11.4 Å². The van der Waals surface area contributed by atoms with Crippen molar-refractivity contribution in [1.29, 1.82) is 0 Å². The predicted molar refractivity (Wildman–Crippen MR) is 73.3 cm³/mol. The van der Waals surface area contributed by atoms with Crippen molar-refractivity contribution in [2.75, 3.05) is 26.9 Å². The highest BCUT2D eigenvalue weighted by Crippen LogP contribution is 2.32. The van der Waals surface area contributed by atoms with Crippen molar-refractivity contribution in [3.63, 3.8) is 0 Å². The summed E-state index contributed by atoms with van der Waals surface area (Å²) in [7, 11) is 1.64. The van der Waals surface area contributed by atoms with Gasteiger partial charge in [-0.2, -0.15) is 0 Å². The zero-order valence-corrected chi connectivity index (χ0v) is 12.3. The van der Waals surface area contributed by atoms with Crippen LogP contribution in [0.25, 0.3) is 0 Å². The normalized spacial score (nSPS) is 13.4. The van der Waals surface area contributed by atoms with Crippen LogP contribution in [0, 0.1) is 11.3 Å². The summed E-state index contributed by atoms with van der Waals surface area (Å²) in [4.78, 5) is 11.5. The van der Waals surface area contributed by atoms with E-state index >= 15 is 0 Å². The lowest BCUT2D eigenvalue weighted by Gasteiger charge is -2.30. The third kappa shape index (κ3) is 8.48. The summed E-state index contributed by atoms with van der Waals surface area (Å²) in [6.07, 6.45) is 3.05. The Hall–Kier alpha value is -0.610. The molecule has 0 spiro atoms. The van der Waals surface area contributed by atoms with Gasteiger partial charge in [-0.25, -0.2) is 0 Å². The Bertz CT molecular complexity index is 224. The number of carbonyl (C=O) groups is 1. The molecule has 0 saturated heterocycles. The monoisotopic (exact) mass is 259 g/mol. The number of ether oxygens (including phenoxy) is 2. The highest BCUT2D eigenvalue weighted by molar-refractivity contribution is 5.69. The van der Waals surface area contributed by atoms with Crippen molar-refractivity contribution in [3.8, 4) is 0 Å². The van der Waals surface area contributed by atoms with Crippen molar-refractivity contribution in [1.82, 2.24) is 0 Å². The summed E-state index contributed by atoms with van der Waals surface area (Å²) in [5.74, 6) is 0.353. The lowest BCUT2D eigenvalue weighted by molar-refractivity contribution is -0.144. The third-order valence-corrected chi connectivity index (χ3v) is 3.19. The van der Waals surface area contributed by atoms with E-state index < -0.39 is 0 Å². The van der Waals surface area contributed by atoms with Gasteiger partial charge >= 0.3 is 5.97 Å². The Labute approximate surface area is 111 Å². The van der Waals surface area contributed by atoms with Gasteiger partial charge in [-0.05, 0) is 30.7 Å². The Morgan fingerprint density at radius 1 is 1.22 bits per heavy atom. The first kappa shape index (κ1) is 17.4. The Kier molecular flexibility index (Phi) is 9.02. The molecule has 0 rings (SSSR count). The zero-order valence-electron chi connectivity index (χ0n) is 12.3. The molecule has 0 bridgehead atoms. The van der Waals surface area contributed by atoms with E-state index in [1.165, 1.54) is 0 Å². The fourth-order valence-electron chi connectivity index (χ4n) is 1.97. The molecule has 108 valence electrons. The SMILES string of the molecule is COCCCOC(=O)CCC(CCN)C(C)(C)C. The lowest BCUT2D eigenvalue weighted by Crippen LogP contribution is -2.24. The number of esters is 1. The number of nitrogens with two attached hydrogens (primary N) is 1. The quantitative estimate of drug-likeness (QED) is 0.510. The molecule has 0 amide bonds. The molecule has 1 unspecified atom stereocenters. The molecule has 0 aromatic rings. The molecule has 0 aliphatic heterocycles. The number of methoxy groups -OCH3 is 1. The van der Waals surface area contributed by atoms with Crippen LogP contribution in [0.3, 0.4) is 0 Å². The second-order valence-electron chi connectivity index (χ2n) is 5.75. The third-order valence-electron chi connectivity index (χ3n) is 3.19. The van der Waals surface area contributed by atoms with Gasteiger partial charge in [-0.15, -0.1) is 0 Å². The Morgan fingerprint density at radius 2 is 1.89 bits per heavy atom. The van der Waals surface area contributed by atoms with E-state index in [9.17, 15) is 4.79 Å². The minimum Gasteiger partial charge on any atom is -0.466 e. The van der Waals surface area contributed by atoms with Crippen molar-refractivity contribution >= 4 is 5.97 Å². The molecule has 0 aliphatic rings. The smallest absolute Gasteiger partial charge is 0.305 e. The molecular formula is C14H29NO3. The first-order chi connectivity index (χ1) is 8.41. The van der Waals surface area contributed by atoms with Gasteiger partial charge in [0.1, 0.15) is 0 Å². The molecule has 1 atom stereocenters. The predicted octanol–water partition coefficient (Wildman–Crippen LogP) is 2.36. The van der Waals surface area contributed by atoms with Crippen LogP contribution in [0.4, 0.5) is 0 Å². The van der Waals surface area contributed by atoms with E-state index in [1.807, 2.05) is 0 Å². The average Bonchev–Trinajstić information content (AvgIpc) is 2.28. The van der Waals surface area contributed by atoms with E-state index in [0.717, 1.165) is 19.3 Å². The van der Waals surface area contributed by atoms with Crippen LogP contribution >= 0.6 is 0 Å². The molecule has 0 saturated carbocycles. The molecule has 0 aliphatic carbocycles. The van der Waals surface area contributed by atoms with Gasteiger partial charge in [0.25, 0.3) is 0 Å². The van der Waals surface area contributed by atoms with Crippen LogP contribution in [0.5, 0.6) is 0 Å². The molecule has 4 nitrogen and oxygen atoms in total. The topological polar surface area (TPSA) is 61.5 Å². The molecule has 0 heterocycles. The van der Waals surface area contributed by atoms with Gasteiger partial charge in [0.15, 0.2) is 0 Å². The van der Waals surface area contributed by atoms with Crippen molar-refractivity contribution in [2.24, 2.45) is 17.1 Å². The molecule has 0 aromatic heterocycles. The summed E-state index contributed by atoms with van der Waals surface area (Å²) in [6.45, 7) is 8.32. The molecule has 0 aromatic carbocycles. The number of rotatable bonds is 9. The van der Waals surface area contributed by atoms with Crippen LogP contribution in [-0.4, -0.2) is 32.8 Å². The van der Waals surface area contributed by atoms with Gasteiger partial charge in [0, 0.05) is 26.6 Å². The van der Waals surface area contributed by atoms with Gasteiger partial charge in [-0.1, -0.05) is 20.8 Å². The molecular weight excluding hydrogens is 230 g/mol. The Balaban J connectivity index is 3.86. The number of hydrogen-bond donors (Lipinski definition) is 1. The minimum absolute atomic E-state index is 0.114.